The second-order valence-electron chi connectivity index (χ2n) is 4.80. The van der Waals surface area contributed by atoms with Crippen LogP contribution >= 0.6 is 0 Å². The Morgan fingerprint density at radius 2 is 1.81 bits per heavy atom. The summed E-state index contributed by atoms with van der Waals surface area (Å²) in [5, 5.41) is 5.32. The Hall–Kier alpha value is -2.24. The normalized spacial score (nSPS) is 11.7. The van der Waals surface area contributed by atoms with Gasteiger partial charge in [-0.3, -0.25) is 4.79 Å². The fourth-order valence-electron chi connectivity index (χ4n) is 1.73. The molecule has 1 atom stereocenters. The SMILES string of the molecule is CCOC(=O)N[C@H](C(=O)Nc1ccc(OC)cc1)C(C)C. The predicted molar refractivity (Wildman–Crippen MR) is 80.4 cm³/mol. The lowest BCUT2D eigenvalue weighted by molar-refractivity contribution is -0.119. The number of rotatable bonds is 6. The minimum Gasteiger partial charge on any atom is -0.497 e. The molecule has 0 aliphatic carbocycles. The standard InChI is InChI=1S/C15H22N2O4/c1-5-21-15(19)17-13(10(2)3)14(18)16-11-6-8-12(20-4)9-7-11/h6-10,13H,5H2,1-4H3,(H,16,18)(H,17,19)/t13-/m0/s1. The van der Waals surface area contributed by atoms with Crippen LogP contribution in [0.3, 0.4) is 0 Å². The van der Waals surface area contributed by atoms with Crippen LogP contribution in [0.15, 0.2) is 24.3 Å². The average molecular weight is 294 g/mol. The van der Waals surface area contributed by atoms with E-state index in [1.54, 1.807) is 38.3 Å². The number of nitrogens with one attached hydrogen (secondary N) is 2. The highest BCUT2D eigenvalue weighted by Crippen LogP contribution is 2.16. The van der Waals surface area contributed by atoms with Crippen LogP contribution in [0.4, 0.5) is 10.5 Å². The minimum absolute atomic E-state index is 0.0624. The Kier molecular flexibility index (Phi) is 6.52. The van der Waals surface area contributed by atoms with Crippen molar-refractivity contribution in [3.8, 4) is 5.75 Å². The molecule has 21 heavy (non-hydrogen) atoms. The maximum Gasteiger partial charge on any atom is 0.407 e. The van der Waals surface area contributed by atoms with Gasteiger partial charge in [0, 0.05) is 5.69 Å². The molecule has 0 fully saturated rings. The molecule has 0 heterocycles. The van der Waals surface area contributed by atoms with Crippen molar-refractivity contribution in [1.82, 2.24) is 5.32 Å². The maximum absolute atomic E-state index is 12.2. The van der Waals surface area contributed by atoms with Gasteiger partial charge in [-0.1, -0.05) is 13.8 Å². The molecular weight excluding hydrogens is 272 g/mol. The van der Waals surface area contributed by atoms with Gasteiger partial charge in [0.15, 0.2) is 0 Å². The Labute approximate surface area is 124 Å². The zero-order valence-corrected chi connectivity index (χ0v) is 12.8. The summed E-state index contributed by atoms with van der Waals surface area (Å²) in [6.45, 7) is 5.67. The number of hydrogen-bond donors (Lipinski definition) is 2. The molecule has 0 saturated carbocycles. The first kappa shape index (κ1) is 16.8. The van der Waals surface area contributed by atoms with E-state index in [-0.39, 0.29) is 18.4 Å². The summed E-state index contributed by atoms with van der Waals surface area (Å²) < 4.78 is 9.86. The van der Waals surface area contributed by atoms with Crippen LogP contribution in [0.2, 0.25) is 0 Å². The smallest absolute Gasteiger partial charge is 0.407 e. The van der Waals surface area contributed by atoms with Crippen LogP contribution in [0.1, 0.15) is 20.8 Å². The van der Waals surface area contributed by atoms with Gasteiger partial charge in [-0.25, -0.2) is 4.79 Å². The van der Waals surface area contributed by atoms with E-state index in [0.29, 0.717) is 11.4 Å². The molecule has 1 rings (SSSR count). The van der Waals surface area contributed by atoms with E-state index in [2.05, 4.69) is 10.6 Å². The summed E-state index contributed by atoms with van der Waals surface area (Å²) >= 11 is 0. The Bertz CT molecular complexity index is 471. The van der Waals surface area contributed by atoms with Crippen LogP contribution in [-0.2, 0) is 9.53 Å². The molecule has 0 aliphatic heterocycles. The largest absolute Gasteiger partial charge is 0.497 e. The van der Waals surface area contributed by atoms with E-state index in [9.17, 15) is 9.59 Å². The molecular formula is C15H22N2O4. The highest BCUT2D eigenvalue weighted by molar-refractivity contribution is 5.96. The van der Waals surface area contributed by atoms with Crippen LogP contribution < -0.4 is 15.4 Å². The number of hydrogen-bond acceptors (Lipinski definition) is 4. The molecule has 0 radical (unpaired) electrons. The molecule has 6 nitrogen and oxygen atoms in total. The van der Waals surface area contributed by atoms with Crippen LogP contribution in [0, 0.1) is 5.92 Å². The Balaban J connectivity index is 2.69. The topological polar surface area (TPSA) is 76.7 Å². The van der Waals surface area contributed by atoms with E-state index < -0.39 is 12.1 Å². The van der Waals surface area contributed by atoms with Gasteiger partial charge in [-0.2, -0.15) is 0 Å². The number of carbonyl (C=O) groups is 2. The summed E-state index contributed by atoms with van der Waals surface area (Å²) in [7, 11) is 1.58. The van der Waals surface area contributed by atoms with E-state index in [1.807, 2.05) is 13.8 Å². The second-order valence-corrected chi connectivity index (χ2v) is 4.80. The first-order chi connectivity index (χ1) is 9.97. The molecule has 0 unspecified atom stereocenters. The summed E-state index contributed by atoms with van der Waals surface area (Å²) in [4.78, 5) is 23.7. The van der Waals surface area contributed by atoms with Crippen molar-refractivity contribution in [2.75, 3.05) is 19.0 Å². The molecule has 1 aromatic carbocycles. The zero-order chi connectivity index (χ0) is 15.8. The lowest BCUT2D eigenvalue weighted by atomic mass is 10.0. The molecule has 0 spiro atoms. The first-order valence-corrected chi connectivity index (χ1v) is 6.86. The fraction of sp³-hybridized carbons (Fsp3) is 0.467. The zero-order valence-electron chi connectivity index (χ0n) is 12.8. The van der Waals surface area contributed by atoms with E-state index in [0.717, 1.165) is 0 Å². The van der Waals surface area contributed by atoms with Crippen molar-refractivity contribution in [3.63, 3.8) is 0 Å². The summed E-state index contributed by atoms with van der Waals surface area (Å²) in [5.41, 5.74) is 0.636. The predicted octanol–water partition coefficient (Wildman–Crippen LogP) is 2.40. The molecule has 6 heteroatoms. The van der Waals surface area contributed by atoms with E-state index >= 15 is 0 Å². The van der Waals surface area contributed by atoms with Gasteiger partial charge in [0.2, 0.25) is 5.91 Å². The number of ether oxygens (including phenoxy) is 2. The van der Waals surface area contributed by atoms with Crippen molar-refractivity contribution in [2.24, 2.45) is 5.92 Å². The van der Waals surface area contributed by atoms with Gasteiger partial charge in [-0.05, 0) is 37.1 Å². The summed E-state index contributed by atoms with van der Waals surface area (Å²) in [6, 6.07) is 6.31. The van der Waals surface area contributed by atoms with Crippen molar-refractivity contribution >= 4 is 17.7 Å². The maximum atomic E-state index is 12.2. The highest BCUT2D eigenvalue weighted by Gasteiger charge is 2.24. The minimum atomic E-state index is -0.661. The quantitative estimate of drug-likeness (QED) is 0.844. The van der Waals surface area contributed by atoms with Crippen LogP contribution in [-0.4, -0.2) is 31.8 Å². The highest BCUT2D eigenvalue weighted by atomic mass is 16.5. The third-order valence-electron chi connectivity index (χ3n) is 2.86. The van der Waals surface area contributed by atoms with Gasteiger partial charge in [0.1, 0.15) is 11.8 Å². The van der Waals surface area contributed by atoms with Crippen LogP contribution in [0.5, 0.6) is 5.75 Å². The number of amides is 2. The van der Waals surface area contributed by atoms with Crippen molar-refractivity contribution < 1.29 is 19.1 Å². The van der Waals surface area contributed by atoms with Gasteiger partial charge in [0.05, 0.1) is 13.7 Å². The summed E-state index contributed by atoms with van der Waals surface area (Å²) in [6.07, 6.45) is -0.596. The second kappa shape index (κ2) is 8.14. The van der Waals surface area contributed by atoms with Gasteiger partial charge < -0.3 is 20.1 Å². The number of alkyl carbamates (subject to hydrolysis) is 1. The third-order valence-corrected chi connectivity index (χ3v) is 2.86. The molecule has 1 aromatic rings. The molecule has 116 valence electrons. The van der Waals surface area contributed by atoms with Gasteiger partial charge in [0.25, 0.3) is 0 Å². The molecule has 0 saturated heterocycles. The summed E-state index contributed by atoms with van der Waals surface area (Å²) in [5.74, 6) is 0.355. The van der Waals surface area contributed by atoms with Gasteiger partial charge in [-0.15, -0.1) is 0 Å². The lowest BCUT2D eigenvalue weighted by Gasteiger charge is -2.21. The lowest BCUT2D eigenvalue weighted by Crippen LogP contribution is -2.47. The monoisotopic (exact) mass is 294 g/mol. The molecule has 0 bridgehead atoms. The van der Waals surface area contributed by atoms with Crippen molar-refractivity contribution in [1.29, 1.82) is 0 Å². The third kappa shape index (κ3) is 5.33. The van der Waals surface area contributed by atoms with Gasteiger partial charge >= 0.3 is 6.09 Å². The number of methoxy groups -OCH3 is 1. The molecule has 2 amide bonds. The number of carbonyl (C=O) groups excluding carboxylic acids is 2. The molecule has 0 aromatic heterocycles. The Morgan fingerprint density at radius 3 is 2.29 bits per heavy atom. The fourth-order valence-corrected chi connectivity index (χ4v) is 1.73. The number of anilines is 1. The molecule has 0 aliphatic rings. The van der Waals surface area contributed by atoms with E-state index in [1.165, 1.54) is 0 Å². The van der Waals surface area contributed by atoms with E-state index in [4.69, 9.17) is 9.47 Å². The van der Waals surface area contributed by atoms with Crippen molar-refractivity contribution in [3.05, 3.63) is 24.3 Å². The van der Waals surface area contributed by atoms with Crippen LogP contribution in [0.25, 0.3) is 0 Å². The Morgan fingerprint density at radius 1 is 1.19 bits per heavy atom. The molecule has 2 N–H and O–H groups in total. The van der Waals surface area contributed by atoms with Crippen molar-refractivity contribution in [2.45, 2.75) is 26.8 Å². The number of benzene rings is 1. The first-order valence-electron chi connectivity index (χ1n) is 6.86. The average Bonchev–Trinajstić information content (AvgIpc) is 2.45.